The Kier molecular flexibility index (Phi) is 3.44. The average Bonchev–Trinajstić information content (AvgIpc) is 2.28. The molecule has 16 heavy (non-hydrogen) atoms. The lowest BCUT2D eigenvalue weighted by atomic mass is 10.00. The third kappa shape index (κ3) is 2.53. The Labute approximate surface area is 100 Å². The highest BCUT2D eigenvalue weighted by Gasteiger charge is 2.22. The maximum Gasteiger partial charge on any atom is 0.272 e. The summed E-state index contributed by atoms with van der Waals surface area (Å²) in [7, 11) is 0. The van der Waals surface area contributed by atoms with E-state index in [1.54, 1.807) is 18.3 Å². The highest BCUT2D eigenvalue weighted by molar-refractivity contribution is 6.30. The van der Waals surface area contributed by atoms with E-state index in [1.165, 1.54) is 6.42 Å². The van der Waals surface area contributed by atoms with Crippen LogP contribution in [-0.2, 0) is 0 Å². The summed E-state index contributed by atoms with van der Waals surface area (Å²) < 4.78 is 0. The molecular weight excluding hydrogens is 224 g/mol. The number of likely N-dealkylation sites (tertiary alicyclic amines) is 1. The van der Waals surface area contributed by atoms with Crippen molar-refractivity contribution in [1.29, 1.82) is 0 Å². The number of carbonyl (C=O) groups is 1. The van der Waals surface area contributed by atoms with Gasteiger partial charge in [0.05, 0.1) is 0 Å². The van der Waals surface area contributed by atoms with Crippen LogP contribution in [0.1, 0.15) is 30.3 Å². The third-order valence-corrected chi connectivity index (χ3v) is 3.12. The molecule has 0 bridgehead atoms. The van der Waals surface area contributed by atoms with Gasteiger partial charge in [0.15, 0.2) is 0 Å². The standard InChI is InChI=1S/C12H15ClN2O/c1-9-3-2-6-15(8-9)12(16)11-7-10(13)4-5-14-11/h4-5,7,9H,2-3,6,8H2,1H3. The van der Waals surface area contributed by atoms with Gasteiger partial charge in [0.1, 0.15) is 5.69 Å². The highest BCUT2D eigenvalue weighted by Crippen LogP contribution is 2.18. The van der Waals surface area contributed by atoms with Crippen LogP contribution in [0.5, 0.6) is 0 Å². The second kappa shape index (κ2) is 4.83. The smallest absolute Gasteiger partial charge is 0.272 e. The van der Waals surface area contributed by atoms with Gasteiger partial charge in [-0.25, -0.2) is 0 Å². The van der Waals surface area contributed by atoms with Gasteiger partial charge in [-0.3, -0.25) is 9.78 Å². The van der Waals surface area contributed by atoms with Gasteiger partial charge in [0.2, 0.25) is 0 Å². The Balaban J connectivity index is 2.12. The van der Waals surface area contributed by atoms with Gasteiger partial charge in [-0.05, 0) is 30.9 Å². The van der Waals surface area contributed by atoms with E-state index in [0.717, 1.165) is 19.5 Å². The first-order chi connectivity index (χ1) is 7.66. The van der Waals surface area contributed by atoms with Gasteiger partial charge in [0, 0.05) is 24.3 Å². The molecule has 1 fully saturated rings. The van der Waals surface area contributed by atoms with Crippen molar-refractivity contribution in [2.75, 3.05) is 13.1 Å². The zero-order valence-electron chi connectivity index (χ0n) is 9.32. The van der Waals surface area contributed by atoms with Crippen molar-refractivity contribution in [1.82, 2.24) is 9.88 Å². The molecule has 3 nitrogen and oxygen atoms in total. The molecule has 0 aromatic carbocycles. The lowest BCUT2D eigenvalue weighted by Gasteiger charge is -2.30. The fourth-order valence-corrected chi connectivity index (χ4v) is 2.22. The second-order valence-corrected chi connectivity index (χ2v) is 4.79. The van der Waals surface area contributed by atoms with Gasteiger partial charge in [-0.2, -0.15) is 0 Å². The Bertz CT molecular complexity index is 394. The fraction of sp³-hybridized carbons (Fsp3) is 0.500. The molecule has 0 saturated carbocycles. The molecule has 0 N–H and O–H groups in total. The number of piperidine rings is 1. The van der Waals surface area contributed by atoms with Crippen LogP contribution >= 0.6 is 11.6 Å². The number of rotatable bonds is 1. The zero-order chi connectivity index (χ0) is 11.5. The summed E-state index contributed by atoms with van der Waals surface area (Å²) in [5.41, 5.74) is 0.446. The van der Waals surface area contributed by atoms with E-state index >= 15 is 0 Å². The van der Waals surface area contributed by atoms with E-state index in [0.29, 0.717) is 16.6 Å². The molecule has 0 spiro atoms. The predicted molar refractivity (Wildman–Crippen MR) is 63.5 cm³/mol. The number of hydrogen-bond acceptors (Lipinski definition) is 2. The highest BCUT2D eigenvalue weighted by atomic mass is 35.5. The molecule has 4 heteroatoms. The monoisotopic (exact) mass is 238 g/mol. The number of nitrogens with zero attached hydrogens (tertiary/aromatic N) is 2. The van der Waals surface area contributed by atoms with Gasteiger partial charge in [-0.1, -0.05) is 18.5 Å². The molecule has 1 saturated heterocycles. The van der Waals surface area contributed by atoms with Gasteiger partial charge >= 0.3 is 0 Å². The molecule has 0 aliphatic carbocycles. The second-order valence-electron chi connectivity index (χ2n) is 4.36. The third-order valence-electron chi connectivity index (χ3n) is 2.89. The van der Waals surface area contributed by atoms with Crippen LogP contribution in [0.3, 0.4) is 0 Å². The Morgan fingerprint density at radius 2 is 2.44 bits per heavy atom. The minimum atomic E-state index is -0.00551. The summed E-state index contributed by atoms with van der Waals surface area (Å²) in [6.07, 6.45) is 3.85. The molecule has 2 heterocycles. The lowest BCUT2D eigenvalue weighted by molar-refractivity contribution is 0.0677. The van der Waals surface area contributed by atoms with Crippen LogP contribution < -0.4 is 0 Å². The maximum absolute atomic E-state index is 12.1. The zero-order valence-corrected chi connectivity index (χ0v) is 10.1. The van der Waals surface area contributed by atoms with Gasteiger partial charge in [-0.15, -0.1) is 0 Å². The molecule has 2 rings (SSSR count). The van der Waals surface area contributed by atoms with Crippen molar-refractivity contribution in [3.63, 3.8) is 0 Å². The number of pyridine rings is 1. The van der Waals surface area contributed by atoms with Crippen LogP contribution in [0.4, 0.5) is 0 Å². The minimum absolute atomic E-state index is 0.00551. The SMILES string of the molecule is CC1CCCN(C(=O)c2cc(Cl)ccn2)C1. The first kappa shape index (κ1) is 11.4. The van der Waals surface area contributed by atoms with Crippen LogP contribution in [-0.4, -0.2) is 28.9 Å². The quantitative estimate of drug-likeness (QED) is 0.754. The molecule has 1 aliphatic rings. The van der Waals surface area contributed by atoms with Crippen molar-refractivity contribution in [2.45, 2.75) is 19.8 Å². The summed E-state index contributed by atoms with van der Waals surface area (Å²) >= 11 is 5.85. The predicted octanol–water partition coefficient (Wildman–Crippen LogP) is 2.61. The molecule has 0 radical (unpaired) electrons. The van der Waals surface area contributed by atoms with Crippen molar-refractivity contribution in [3.8, 4) is 0 Å². The molecule has 1 aromatic rings. The van der Waals surface area contributed by atoms with E-state index < -0.39 is 0 Å². The van der Waals surface area contributed by atoms with Crippen LogP contribution in [0.2, 0.25) is 5.02 Å². The summed E-state index contributed by atoms with van der Waals surface area (Å²) in [5, 5.41) is 0.559. The summed E-state index contributed by atoms with van der Waals surface area (Å²) in [6.45, 7) is 3.83. The largest absolute Gasteiger partial charge is 0.337 e. The molecule has 1 aromatic heterocycles. The number of aromatic nitrogens is 1. The fourth-order valence-electron chi connectivity index (χ4n) is 2.06. The normalized spacial score (nSPS) is 20.9. The van der Waals surface area contributed by atoms with Gasteiger partial charge < -0.3 is 4.90 Å². The molecule has 1 amide bonds. The van der Waals surface area contributed by atoms with Crippen molar-refractivity contribution < 1.29 is 4.79 Å². The Morgan fingerprint density at radius 1 is 1.62 bits per heavy atom. The van der Waals surface area contributed by atoms with E-state index in [4.69, 9.17) is 11.6 Å². The topological polar surface area (TPSA) is 33.2 Å². The van der Waals surface area contributed by atoms with Crippen molar-refractivity contribution in [2.24, 2.45) is 5.92 Å². The Hall–Kier alpha value is -1.09. The molecule has 1 atom stereocenters. The van der Waals surface area contributed by atoms with E-state index in [-0.39, 0.29) is 5.91 Å². The first-order valence-electron chi connectivity index (χ1n) is 5.57. The molecular formula is C12H15ClN2O. The minimum Gasteiger partial charge on any atom is -0.337 e. The lowest BCUT2D eigenvalue weighted by Crippen LogP contribution is -2.39. The number of carbonyl (C=O) groups excluding carboxylic acids is 1. The molecule has 1 unspecified atom stereocenters. The molecule has 86 valence electrons. The first-order valence-corrected chi connectivity index (χ1v) is 5.95. The Morgan fingerprint density at radius 3 is 3.12 bits per heavy atom. The van der Waals surface area contributed by atoms with E-state index in [9.17, 15) is 4.79 Å². The van der Waals surface area contributed by atoms with Crippen LogP contribution in [0, 0.1) is 5.92 Å². The van der Waals surface area contributed by atoms with Crippen LogP contribution in [0.15, 0.2) is 18.3 Å². The van der Waals surface area contributed by atoms with E-state index in [2.05, 4.69) is 11.9 Å². The number of hydrogen-bond donors (Lipinski definition) is 0. The summed E-state index contributed by atoms with van der Waals surface area (Å²) in [4.78, 5) is 18.0. The average molecular weight is 239 g/mol. The van der Waals surface area contributed by atoms with Gasteiger partial charge in [0.25, 0.3) is 5.91 Å². The summed E-state index contributed by atoms with van der Waals surface area (Å²) in [6, 6.07) is 3.31. The van der Waals surface area contributed by atoms with E-state index in [1.807, 2.05) is 4.90 Å². The van der Waals surface area contributed by atoms with Crippen molar-refractivity contribution >= 4 is 17.5 Å². The van der Waals surface area contributed by atoms with Crippen LogP contribution in [0.25, 0.3) is 0 Å². The molecule has 1 aliphatic heterocycles. The summed E-state index contributed by atoms with van der Waals surface area (Å²) in [5.74, 6) is 0.575. The van der Waals surface area contributed by atoms with Crippen molar-refractivity contribution in [3.05, 3.63) is 29.0 Å². The number of halogens is 1. The number of amides is 1. The maximum atomic E-state index is 12.1.